The van der Waals surface area contributed by atoms with Crippen LogP contribution in [0.2, 0.25) is 0 Å². The molecule has 20 heteroatoms. The lowest BCUT2D eigenvalue weighted by atomic mass is 9.81. The number of hydrogen-bond donors (Lipinski definition) is 7. The number of guanidine groups is 1. The highest BCUT2D eigenvalue weighted by Crippen LogP contribution is 2.46. The van der Waals surface area contributed by atoms with E-state index in [0.29, 0.717) is 65.2 Å². The number of sulfonamides is 1. The van der Waals surface area contributed by atoms with E-state index in [9.17, 15) is 32.4 Å². The summed E-state index contributed by atoms with van der Waals surface area (Å²) in [7, 11) is -2.69. The molecule has 88 heavy (non-hydrogen) atoms. The number of hydrogen-bond acceptors (Lipinski definition) is 13. The van der Waals surface area contributed by atoms with Crippen molar-refractivity contribution in [1.82, 2.24) is 31.3 Å². The summed E-state index contributed by atoms with van der Waals surface area (Å²) in [6.45, 7) is 19.7. The minimum absolute atomic E-state index is 0.0262. The Balaban J connectivity index is 1.12. The number of alkyl carbamates (subject to hydrolysis) is 1. The topological polar surface area (TPSA) is 262 Å². The largest absolute Gasteiger partial charge is 0.496 e. The fourth-order valence-corrected chi connectivity index (χ4v) is 12.5. The molecule has 0 aliphatic carbocycles. The number of carbonyl (C=O) groups excluding carboxylic acids is 5. The lowest BCUT2D eigenvalue weighted by Gasteiger charge is -2.40. The van der Waals surface area contributed by atoms with Crippen LogP contribution in [0.3, 0.4) is 0 Å². The quantitative estimate of drug-likeness (QED) is 0.0115. The van der Waals surface area contributed by atoms with Crippen molar-refractivity contribution in [3.63, 3.8) is 0 Å². The van der Waals surface area contributed by atoms with Gasteiger partial charge in [-0.1, -0.05) is 111 Å². The maximum atomic E-state index is 14.8. The highest BCUT2D eigenvalue weighted by molar-refractivity contribution is 7.90. The number of nitrogens with one attached hydrogen (secondary N) is 7. The van der Waals surface area contributed by atoms with E-state index >= 15 is 0 Å². The van der Waals surface area contributed by atoms with Crippen LogP contribution in [-0.4, -0.2) is 99.8 Å². The zero-order valence-electron chi connectivity index (χ0n) is 52.8. The molecule has 4 amide bonds. The van der Waals surface area contributed by atoms with Gasteiger partial charge in [-0.2, -0.15) is 0 Å². The molecule has 472 valence electrons. The highest BCUT2D eigenvalue weighted by atomic mass is 32.2. The van der Waals surface area contributed by atoms with Gasteiger partial charge in [-0.15, -0.1) is 0 Å². The molecular formula is C68H87N7O12S. The number of amides is 4. The van der Waals surface area contributed by atoms with Crippen molar-refractivity contribution in [2.24, 2.45) is 5.92 Å². The number of methoxy groups -OCH3 is 1. The SMILES string of the molecule is CCC[C@H](NC(=O)[C@@H](CCCNC(=N)NS(=O)(=O)c1c(C)c(C)c2c(c1C)C[C@@H](C)C(C)(C)O2)NC(=O)[C@@H](CCC[C@H](C)NC(=O)OC(C)(C)C)NC(=O)COc1ccc2ccccc2c1-c1c(OC)ccc2ccccc12)C(=O)OCc1ccccc1. The highest BCUT2D eigenvalue weighted by Gasteiger charge is 2.39. The van der Waals surface area contributed by atoms with Gasteiger partial charge >= 0.3 is 12.1 Å². The van der Waals surface area contributed by atoms with Gasteiger partial charge in [-0.3, -0.25) is 19.8 Å². The summed E-state index contributed by atoms with van der Waals surface area (Å²) in [5.41, 5.74) is 3.57. The maximum Gasteiger partial charge on any atom is 0.407 e. The average Bonchev–Trinajstić information content (AvgIpc) is 0.839. The molecular weight excluding hydrogens is 1140 g/mol. The van der Waals surface area contributed by atoms with Crippen LogP contribution in [0.15, 0.2) is 108 Å². The van der Waals surface area contributed by atoms with E-state index in [4.69, 9.17) is 29.1 Å². The van der Waals surface area contributed by atoms with Crippen LogP contribution in [0, 0.1) is 32.1 Å². The fraction of sp³-hybridized carbons (Fsp3) is 0.441. The monoisotopic (exact) mass is 1230 g/mol. The Morgan fingerprint density at radius 3 is 1.92 bits per heavy atom. The van der Waals surface area contributed by atoms with Crippen molar-refractivity contribution in [2.45, 2.75) is 174 Å². The fourth-order valence-electron chi connectivity index (χ4n) is 10.9. The molecule has 0 radical (unpaired) electrons. The Labute approximate surface area is 517 Å². The van der Waals surface area contributed by atoms with Crippen LogP contribution in [0.25, 0.3) is 32.7 Å². The smallest absolute Gasteiger partial charge is 0.407 e. The molecule has 7 rings (SSSR count). The van der Waals surface area contributed by atoms with Gasteiger partial charge in [0.1, 0.15) is 53.2 Å². The Kier molecular flexibility index (Phi) is 22.5. The van der Waals surface area contributed by atoms with Crippen molar-refractivity contribution in [1.29, 1.82) is 5.41 Å². The Morgan fingerprint density at radius 1 is 0.716 bits per heavy atom. The first kappa shape index (κ1) is 67.1. The van der Waals surface area contributed by atoms with Crippen LogP contribution in [0.1, 0.15) is 128 Å². The molecule has 1 heterocycles. The van der Waals surface area contributed by atoms with E-state index in [1.165, 1.54) is 0 Å². The molecule has 7 N–H and O–H groups in total. The van der Waals surface area contributed by atoms with Gasteiger partial charge < -0.3 is 50.3 Å². The molecule has 0 unspecified atom stereocenters. The van der Waals surface area contributed by atoms with E-state index in [1.807, 2.05) is 125 Å². The Bertz CT molecular complexity index is 3620. The summed E-state index contributed by atoms with van der Waals surface area (Å²) in [5.74, 6) is -1.53. The van der Waals surface area contributed by atoms with Crippen molar-refractivity contribution in [2.75, 3.05) is 20.3 Å². The van der Waals surface area contributed by atoms with Crippen molar-refractivity contribution in [3.05, 3.63) is 131 Å². The van der Waals surface area contributed by atoms with Crippen LogP contribution >= 0.6 is 0 Å². The Hall–Kier alpha value is -8.39. The molecule has 0 saturated heterocycles. The predicted molar refractivity (Wildman–Crippen MR) is 342 cm³/mol. The molecule has 6 aromatic carbocycles. The second-order valence-electron chi connectivity index (χ2n) is 24.3. The van der Waals surface area contributed by atoms with E-state index in [-0.39, 0.29) is 49.6 Å². The number of ether oxygens (including phenoxy) is 5. The summed E-state index contributed by atoms with van der Waals surface area (Å²) in [4.78, 5) is 70.2. The van der Waals surface area contributed by atoms with Gasteiger partial charge in [-0.25, -0.2) is 22.7 Å². The number of carbonyl (C=O) groups is 5. The first-order valence-electron chi connectivity index (χ1n) is 30.2. The third-order valence-electron chi connectivity index (χ3n) is 16.0. The van der Waals surface area contributed by atoms with Crippen LogP contribution in [0.4, 0.5) is 4.79 Å². The maximum absolute atomic E-state index is 14.8. The summed E-state index contributed by atoms with van der Waals surface area (Å²) in [5, 5.41) is 26.5. The second kappa shape index (κ2) is 29.5. The number of rotatable bonds is 26. The second-order valence-corrected chi connectivity index (χ2v) is 25.9. The zero-order chi connectivity index (χ0) is 64.1. The average molecular weight is 1230 g/mol. The minimum Gasteiger partial charge on any atom is -0.496 e. The lowest BCUT2D eigenvalue weighted by Crippen LogP contribution is -2.56. The molecule has 1 aliphatic rings. The van der Waals surface area contributed by atoms with E-state index in [1.54, 1.807) is 54.7 Å². The molecule has 19 nitrogen and oxygen atoms in total. The van der Waals surface area contributed by atoms with Crippen molar-refractivity contribution < 1.29 is 56.1 Å². The molecule has 0 fully saturated rings. The predicted octanol–water partition coefficient (Wildman–Crippen LogP) is 10.7. The molecule has 5 atom stereocenters. The number of esters is 1. The normalized spacial score (nSPS) is 15.0. The van der Waals surface area contributed by atoms with Crippen molar-refractivity contribution >= 4 is 67.3 Å². The summed E-state index contributed by atoms with van der Waals surface area (Å²) >= 11 is 0. The van der Waals surface area contributed by atoms with E-state index in [2.05, 4.69) is 38.2 Å². The zero-order valence-corrected chi connectivity index (χ0v) is 53.6. The van der Waals surface area contributed by atoms with Crippen LogP contribution in [0.5, 0.6) is 17.2 Å². The minimum atomic E-state index is -4.29. The van der Waals surface area contributed by atoms with Gasteiger partial charge in [0.05, 0.1) is 12.0 Å². The summed E-state index contributed by atoms with van der Waals surface area (Å²) in [6, 6.07) is 28.3. The molecule has 6 aromatic rings. The van der Waals surface area contributed by atoms with Gasteiger partial charge in [-0.05, 0) is 175 Å². The van der Waals surface area contributed by atoms with Crippen LogP contribution in [-0.2, 0) is 51.7 Å². The first-order chi connectivity index (χ1) is 41.7. The van der Waals surface area contributed by atoms with E-state index in [0.717, 1.165) is 38.2 Å². The van der Waals surface area contributed by atoms with Crippen LogP contribution < -0.4 is 45.5 Å². The molecule has 0 aromatic heterocycles. The number of fused-ring (bicyclic) bond motifs is 3. The number of benzene rings is 6. The van der Waals surface area contributed by atoms with Gasteiger partial charge in [0.25, 0.3) is 15.9 Å². The molecule has 0 bridgehead atoms. The lowest BCUT2D eigenvalue weighted by molar-refractivity contribution is -0.149. The molecule has 1 aliphatic heterocycles. The third kappa shape index (κ3) is 17.2. The molecule has 0 saturated carbocycles. The first-order valence-corrected chi connectivity index (χ1v) is 31.7. The summed E-state index contributed by atoms with van der Waals surface area (Å²) in [6.07, 6.45) is 1.48. The van der Waals surface area contributed by atoms with Gasteiger partial charge in [0.2, 0.25) is 17.8 Å². The van der Waals surface area contributed by atoms with Gasteiger partial charge in [0.15, 0.2) is 6.61 Å². The summed E-state index contributed by atoms with van der Waals surface area (Å²) < 4.78 is 60.6. The standard InChI is InChI=1S/C68H87N7O12S/c1-13-23-54(64(79)85-39-46-25-15-14-16-26-46)74-63(78)53(32-22-37-70-65(69)75-88(81,82)61-44(5)43(4)60-51(45(61)6)38-41(2)68(10,11)86-60)73-62(77)52(31-21-24-42(3)71-66(80)87-67(7,8)9)72-57(76)40-84-56-36-34-48-28-18-20-30-50(48)59(56)58-49-29-19-17-27-47(49)33-35-55(58)83-12/h14-20,25-30,33-36,41-42,52-54H,13,21-24,31-32,37-40H2,1-12H3,(H,71,80)(H,72,76)(H,73,77)(H,74,78)(H3,69,70,75)/t41-,42+,52-,53-,54+/m1/s1. The van der Waals surface area contributed by atoms with Gasteiger partial charge in [0, 0.05) is 23.7 Å². The third-order valence-corrected chi connectivity index (χ3v) is 17.7. The molecule has 0 spiro atoms. The van der Waals surface area contributed by atoms with Crippen molar-refractivity contribution in [3.8, 4) is 28.4 Å². The van der Waals surface area contributed by atoms with E-state index < -0.39 is 87.7 Å². The Morgan fingerprint density at radius 2 is 1.30 bits per heavy atom.